The fourth-order valence-electron chi connectivity index (χ4n) is 4.54. The second-order valence-electron chi connectivity index (χ2n) is 8.92. The Labute approximate surface area is 203 Å². The van der Waals surface area contributed by atoms with Crippen LogP contribution >= 0.6 is 0 Å². The number of aliphatic hydroxyl groups excluding tert-OH is 1. The van der Waals surface area contributed by atoms with E-state index in [0.717, 1.165) is 16.7 Å². The van der Waals surface area contributed by atoms with Gasteiger partial charge in [0, 0.05) is 30.8 Å². The third kappa shape index (κ3) is 5.19. The van der Waals surface area contributed by atoms with Gasteiger partial charge in [-0.3, -0.25) is 9.69 Å². The van der Waals surface area contributed by atoms with E-state index in [4.69, 9.17) is 9.84 Å². The molecule has 0 radical (unpaired) electrons. The summed E-state index contributed by atoms with van der Waals surface area (Å²) in [5, 5.41) is 12.3. The van der Waals surface area contributed by atoms with E-state index in [1.807, 2.05) is 37.3 Å². The van der Waals surface area contributed by atoms with Crippen molar-refractivity contribution in [1.82, 2.24) is 20.2 Å². The van der Waals surface area contributed by atoms with Gasteiger partial charge in [-0.15, -0.1) is 0 Å². The quantitative estimate of drug-likeness (QED) is 0.585. The number of ether oxygens (including phenoxy) is 1. The molecule has 1 spiro atoms. The summed E-state index contributed by atoms with van der Waals surface area (Å²) < 4.78 is 33.0. The number of aliphatic hydroxyl groups is 1. The van der Waals surface area contributed by atoms with Gasteiger partial charge in [0.1, 0.15) is 23.7 Å². The second-order valence-corrected chi connectivity index (χ2v) is 8.92. The minimum Gasteiger partial charge on any atom is -0.474 e. The summed E-state index contributed by atoms with van der Waals surface area (Å²) in [6.07, 6.45) is 5.33. The van der Waals surface area contributed by atoms with Gasteiger partial charge in [0.25, 0.3) is 5.91 Å². The third-order valence-corrected chi connectivity index (χ3v) is 6.46. The van der Waals surface area contributed by atoms with Gasteiger partial charge in [-0.2, -0.15) is 0 Å². The molecular formula is C26H30F2N4O3. The number of nitrogens with one attached hydrogen (secondary N) is 1. The standard InChI is InChI=1S/C26H30F2N4O3/c1-3-4-21-31-25(9-11-26(27,28)12-10-25)24(34)32(21)17-18(2)19-5-7-20(8-6-19)22-23(35-16-15-33)30-14-13-29-22/h4-8,13-14,31,33H,2-3,9-12,15-17H2,1H3. The Morgan fingerprint density at radius 3 is 2.54 bits per heavy atom. The van der Waals surface area contributed by atoms with Crippen molar-refractivity contribution < 1.29 is 23.4 Å². The number of allylic oxidation sites excluding steroid dienone is 1. The summed E-state index contributed by atoms with van der Waals surface area (Å²) in [6, 6.07) is 7.51. The van der Waals surface area contributed by atoms with E-state index in [0.29, 0.717) is 23.8 Å². The monoisotopic (exact) mass is 484 g/mol. The van der Waals surface area contributed by atoms with E-state index in [1.165, 1.54) is 6.20 Å². The molecule has 0 atom stereocenters. The van der Waals surface area contributed by atoms with Crippen LogP contribution in [0.1, 0.15) is 44.6 Å². The molecule has 2 aromatic rings. The fraction of sp³-hybridized carbons (Fsp3) is 0.423. The summed E-state index contributed by atoms with van der Waals surface area (Å²) in [7, 11) is 0. The lowest BCUT2D eigenvalue weighted by molar-refractivity contribution is -0.135. The van der Waals surface area contributed by atoms with E-state index >= 15 is 0 Å². The summed E-state index contributed by atoms with van der Waals surface area (Å²) in [6.45, 7) is 6.40. The summed E-state index contributed by atoms with van der Waals surface area (Å²) in [5.74, 6) is -1.90. The smallest absolute Gasteiger partial charge is 0.254 e. The van der Waals surface area contributed by atoms with Crippen molar-refractivity contribution in [2.24, 2.45) is 0 Å². The second kappa shape index (κ2) is 10.1. The minimum atomic E-state index is -2.72. The third-order valence-electron chi connectivity index (χ3n) is 6.46. The van der Waals surface area contributed by atoms with Gasteiger partial charge < -0.3 is 15.2 Å². The fourth-order valence-corrected chi connectivity index (χ4v) is 4.54. The number of aromatic nitrogens is 2. The van der Waals surface area contributed by atoms with Crippen molar-refractivity contribution in [1.29, 1.82) is 0 Å². The largest absolute Gasteiger partial charge is 0.474 e. The topological polar surface area (TPSA) is 87.6 Å². The number of carbonyl (C=O) groups is 1. The number of rotatable bonds is 8. The number of halogens is 2. The van der Waals surface area contributed by atoms with E-state index in [2.05, 4.69) is 21.9 Å². The first-order valence-corrected chi connectivity index (χ1v) is 11.8. The average molecular weight is 485 g/mol. The number of hydrogen-bond donors (Lipinski definition) is 2. The maximum absolute atomic E-state index is 13.8. The molecule has 0 bridgehead atoms. The Morgan fingerprint density at radius 1 is 1.20 bits per heavy atom. The van der Waals surface area contributed by atoms with E-state index < -0.39 is 11.5 Å². The van der Waals surface area contributed by atoms with Gasteiger partial charge in [-0.25, -0.2) is 18.7 Å². The summed E-state index contributed by atoms with van der Waals surface area (Å²) >= 11 is 0. The van der Waals surface area contributed by atoms with Gasteiger partial charge >= 0.3 is 0 Å². The van der Waals surface area contributed by atoms with E-state index in [-0.39, 0.29) is 51.3 Å². The first-order chi connectivity index (χ1) is 16.8. The number of benzene rings is 1. The first-order valence-electron chi connectivity index (χ1n) is 11.8. The number of alkyl halides is 2. The highest BCUT2D eigenvalue weighted by atomic mass is 19.3. The van der Waals surface area contributed by atoms with Gasteiger partial charge in [-0.1, -0.05) is 37.8 Å². The summed E-state index contributed by atoms with van der Waals surface area (Å²) in [5.41, 5.74) is 1.94. The predicted octanol–water partition coefficient (Wildman–Crippen LogP) is 4.16. The molecule has 186 valence electrons. The molecule has 1 saturated carbocycles. The van der Waals surface area contributed by atoms with Crippen LogP contribution in [0.3, 0.4) is 0 Å². The normalized spacial score (nSPS) is 19.7. The molecule has 2 N–H and O–H groups in total. The maximum atomic E-state index is 13.8. The Balaban J connectivity index is 1.50. The lowest BCUT2D eigenvalue weighted by atomic mass is 9.80. The number of nitrogens with zero attached hydrogens (tertiary/aromatic N) is 3. The molecule has 1 amide bonds. The van der Waals surface area contributed by atoms with Crippen molar-refractivity contribution in [2.45, 2.75) is 50.5 Å². The van der Waals surface area contributed by atoms with Crippen LogP contribution in [0.4, 0.5) is 8.78 Å². The van der Waals surface area contributed by atoms with Gasteiger partial charge in [0.05, 0.1) is 13.2 Å². The molecule has 1 aromatic carbocycles. The van der Waals surface area contributed by atoms with Crippen LogP contribution in [0.25, 0.3) is 16.8 Å². The van der Waals surface area contributed by atoms with Crippen LogP contribution in [0.15, 0.2) is 55.1 Å². The number of amides is 1. The van der Waals surface area contributed by atoms with Crippen molar-refractivity contribution >= 4 is 11.5 Å². The Morgan fingerprint density at radius 2 is 1.89 bits per heavy atom. The highest BCUT2D eigenvalue weighted by Gasteiger charge is 2.53. The number of carbonyl (C=O) groups excluding carboxylic acids is 1. The zero-order valence-corrected chi connectivity index (χ0v) is 19.8. The first kappa shape index (κ1) is 24.8. The molecule has 1 aliphatic carbocycles. The Kier molecular flexibility index (Phi) is 7.16. The van der Waals surface area contributed by atoms with Crippen molar-refractivity contribution in [3.8, 4) is 17.1 Å². The molecule has 2 aliphatic rings. The van der Waals surface area contributed by atoms with Crippen LogP contribution < -0.4 is 10.1 Å². The molecule has 1 saturated heterocycles. The Bertz CT molecular complexity index is 1110. The van der Waals surface area contributed by atoms with Crippen LogP contribution in [0, 0.1) is 0 Å². The van der Waals surface area contributed by atoms with E-state index in [1.54, 1.807) is 11.1 Å². The average Bonchev–Trinajstić information content (AvgIpc) is 3.11. The molecule has 1 aliphatic heterocycles. The van der Waals surface area contributed by atoms with Crippen molar-refractivity contribution in [3.05, 3.63) is 60.7 Å². The zero-order chi connectivity index (χ0) is 25.1. The van der Waals surface area contributed by atoms with Crippen molar-refractivity contribution in [2.75, 3.05) is 19.8 Å². The number of hydrogen-bond acceptors (Lipinski definition) is 6. The van der Waals surface area contributed by atoms with Gasteiger partial charge in [0.15, 0.2) is 0 Å². The maximum Gasteiger partial charge on any atom is 0.254 e. The van der Waals surface area contributed by atoms with Gasteiger partial charge in [0.2, 0.25) is 11.8 Å². The zero-order valence-electron chi connectivity index (χ0n) is 19.8. The highest BCUT2D eigenvalue weighted by Crippen LogP contribution is 2.43. The molecular weight excluding hydrogens is 454 g/mol. The van der Waals surface area contributed by atoms with Gasteiger partial charge in [-0.05, 0) is 36.5 Å². The summed E-state index contributed by atoms with van der Waals surface area (Å²) in [4.78, 5) is 23.6. The molecule has 4 rings (SSSR count). The van der Waals surface area contributed by atoms with Crippen LogP contribution in [-0.4, -0.2) is 57.1 Å². The predicted molar refractivity (Wildman–Crippen MR) is 128 cm³/mol. The molecule has 35 heavy (non-hydrogen) atoms. The molecule has 1 aromatic heterocycles. The van der Waals surface area contributed by atoms with Crippen LogP contribution in [-0.2, 0) is 4.79 Å². The van der Waals surface area contributed by atoms with E-state index in [9.17, 15) is 13.6 Å². The Hall–Kier alpha value is -3.33. The molecule has 2 fully saturated rings. The van der Waals surface area contributed by atoms with Crippen LogP contribution in [0.5, 0.6) is 5.88 Å². The molecule has 0 unspecified atom stereocenters. The lowest BCUT2D eigenvalue weighted by Crippen LogP contribution is -2.51. The van der Waals surface area contributed by atoms with Crippen LogP contribution in [0.2, 0.25) is 0 Å². The molecule has 2 heterocycles. The lowest BCUT2D eigenvalue weighted by Gasteiger charge is -2.35. The SMILES string of the molecule is C=C(CN1C(=O)C2(CCC(F)(F)CC2)NC1=CCC)c1ccc(-c2nccnc2OCCO)cc1. The highest BCUT2D eigenvalue weighted by molar-refractivity contribution is 5.92. The minimum absolute atomic E-state index is 0.107. The van der Waals surface area contributed by atoms with Crippen molar-refractivity contribution in [3.63, 3.8) is 0 Å². The molecule has 7 nitrogen and oxygen atoms in total. The molecule has 9 heteroatoms.